The van der Waals surface area contributed by atoms with Gasteiger partial charge in [-0.25, -0.2) is 4.99 Å². The van der Waals surface area contributed by atoms with Crippen LogP contribution in [0, 0.1) is 11.3 Å². The maximum atomic E-state index is 12.0. The van der Waals surface area contributed by atoms with Gasteiger partial charge in [0.05, 0.1) is 23.7 Å². The standard InChI is InChI=1S/C20H29NO2S/c1-19(2,3)17-9-7-15(8-10-17)11-16(12-21-14-24)13-23-18(22)20(4,5)6/h7-10,16H,11-13H2,1-6H3. The zero-order chi connectivity index (χ0) is 18.4. The third kappa shape index (κ3) is 6.94. The van der Waals surface area contributed by atoms with Gasteiger partial charge in [0, 0.05) is 5.92 Å². The van der Waals surface area contributed by atoms with Crippen LogP contribution in [0.15, 0.2) is 29.3 Å². The van der Waals surface area contributed by atoms with Crippen molar-refractivity contribution in [3.63, 3.8) is 0 Å². The van der Waals surface area contributed by atoms with E-state index in [-0.39, 0.29) is 17.3 Å². The van der Waals surface area contributed by atoms with E-state index >= 15 is 0 Å². The molecule has 0 spiro atoms. The molecule has 0 aliphatic rings. The smallest absolute Gasteiger partial charge is 0.311 e. The molecule has 1 aromatic rings. The van der Waals surface area contributed by atoms with Crippen molar-refractivity contribution in [3.8, 4) is 0 Å². The molecule has 1 aromatic carbocycles. The Morgan fingerprint density at radius 1 is 1.17 bits per heavy atom. The molecule has 0 radical (unpaired) electrons. The molecule has 4 heteroatoms. The van der Waals surface area contributed by atoms with E-state index in [4.69, 9.17) is 4.74 Å². The number of hydrogen-bond acceptors (Lipinski definition) is 4. The Balaban J connectivity index is 2.75. The summed E-state index contributed by atoms with van der Waals surface area (Å²) in [5, 5.41) is 2.40. The monoisotopic (exact) mass is 347 g/mol. The van der Waals surface area contributed by atoms with Crippen LogP contribution in [0.5, 0.6) is 0 Å². The van der Waals surface area contributed by atoms with Gasteiger partial charge in [-0.05, 0) is 56.0 Å². The number of isothiocyanates is 1. The SMILES string of the molecule is CC(C)(C)C(=O)OCC(CN=C=S)Cc1ccc(C(C)(C)C)cc1. The summed E-state index contributed by atoms with van der Waals surface area (Å²) in [4.78, 5) is 16.0. The van der Waals surface area contributed by atoms with Crippen LogP contribution in [0.2, 0.25) is 0 Å². The van der Waals surface area contributed by atoms with Crippen molar-refractivity contribution < 1.29 is 9.53 Å². The molecule has 132 valence electrons. The largest absolute Gasteiger partial charge is 0.465 e. The molecule has 0 bridgehead atoms. The van der Waals surface area contributed by atoms with Gasteiger partial charge in [0.2, 0.25) is 0 Å². The summed E-state index contributed by atoms with van der Waals surface area (Å²) >= 11 is 4.66. The van der Waals surface area contributed by atoms with Gasteiger partial charge >= 0.3 is 5.97 Å². The molecule has 1 rings (SSSR count). The average molecular weight is 348 g/mol. The lowest BCUT2D eigenvalue weighted by atomic mass is 9.86. The highest BCUT2D eigenvalue weighted by Gasteiger charge is 2.24. The summed E-state index contributed by atoms with van der Waals surface area (Å²) in [6, 6.07) is 8.60. The van der Waals surface area contributed by atoms with Gasteiger partial charge in [-0.3, -0.25) is 4.79 Å². The second kappa shape index (κ2) is 8.55. The van der Waals surface area contributed by atoms with Crippen LogP contribution in [0.25, 0.3) is 0 Å². The van der Waals surface area contributed by atoms with Crippen LogP contribution >= 0.6 is 12.2 Å². The molecule has 0 aromatic heterocycles. The van der Waals surface area contributed by atoms with E-state index in [1.54, 1.807) is 0 Å². The summed E-state index contributed by atoms with van der Waals surface area (Å²) in [5.74, 6) is -0.0888. The lowest BCUT2D eigenvalue weighted by molar-refractivity contribution is -0.154. The molecular formula is C20H29NO2S. The first-order chi connectivity index (χ1) is 11.0. The van der Waals surface area contributed by atoms with Crippen molar-refractivity contribution in [2.24, 2.45) is 16.3 Å². The number of rotatable bonds is 6. The highest BCUT2D eigenvalue weighted by Crippen LogP contribution is 2.23. The Morgan fingerprint density at radius 2 is 1.75 bits per heavy atom. The Bertz CT molecular complexity index is 588. The molecule has 0 fully saturated rings. The number of carbonyl (C=O) groups excluding carboxylic acids is 1. The van der Waals surface area contributed by atoms with E-state index in [9.17, 15) is 4.79 Å². The molecule has 0 aliphatic heterocycles. The molecule has 1 unspecified atom stereocenters. The fraction of sp³-hybridized carbons (Fsp3) is 0.600. The van der Waals surface area contributed by atoms with Crippen molar-refractivity contribution in [1.29, 1.82) is 0 Å². The predicted octanol–water partition coefficient (Wildman–Crippen LogP) is 4.83. The molecule has 3 nitrogen and oxygen atoms in total. The first-order valence-electron chi connectivity index (χ1n) is 8.34. The zero-order valence-corrected chi connectivity index (χ0v) is 16.5. The molecule has 0 heterocycles. The molecule has 24 heavy (non-hydrogen) atoms. The minimum absolute atomic E-state index is 0.104. The normalized spacial score (nSPS) is 13.1. The van der Waals surface area contributed by atoms with Gasteiger partial charge in [0.15, 0.2) is 0 Å². The number of carbonyl (C=O) groups is 1. The van der Waals surface area contributed by atoms with Gasteiger partial charge in [-0.2, -0.15) is 0 Å². The quantitative estimate of drug-likeness (QED) is 0.420. The van der Waals surface area contributed by atoms with E-state index in [0.29, 0.717) is 13.2 Å². The summed E-state index contributed by atoms with van der Waals surface area (Å²) < 4.78 is 5.46. The minimum atomic E-state index is -0.494. The number of aliphatic imine (C=N–C) groups is 1. The Kier molecular flexibility index (Phi) is 7.31. The van der Waals surface area contributed by atoms with Crippen molar-refractivity contribution in [2.45, 2.75) is 53.4 Å². The number of hydrogen-bond donors (Lipinski definition) is 0. The molecule has 0 saturated carbocycles. The van der Waals surface area contributed by atoms with Gasteiger partial charge in [0.25, 0.3) is 0 Å². The molecule has 1 atom stereocenters. The number of thiocarbonyl (C=S) groups is 1. The maximum Gasteiger partial charge on any atom is 0.311 e. The lowest BCUT2D eigenvalue weighted by Crippen LogP contribution is -2.27. The number of ether oxygens (including phenoxy) is 1. The summed E-state index contributed by atoms with van der Waals surface area (Å²) in [7, 11) is 0. The number of benzene rings is 1. The van der Waals surface area contributed by atoms with Crippen molar-refractivity contribution >= 4 is 23.3 Å². The van der Waals surface area contributed by atoms with Crippen LogP contribution in [0.3, 0.4) is 0 Å². The highest BCUT2D eigenvalue weighted by molar-refractivity contribution is 7.78. The highest BCUT2D eigenvalue weighted by atomic mass is 32.1. The summed E-state index contributed by atoms with van der Waals surface area (Å²) in [6.07, 6.45) is 0.794. The summed E-state index contributed by atoms with van der Waals surface area (Å²) in [6.45, 7) is 13.0. The van der Waals surface area contributed by atoms with Crippen LogP contribution in [0.1, 0.15) is 52.7 Å². The maximum absolute atomic E-state index is 12.0. The second-order valence-corrected chi connectivity index (χ2v) is 8.48. The first kappa shape index (κ1) is 20.5. The van der Waals surface area contributed by atoms with Crippen LogP contribution in [-0.4, -0.2) is 24.3 Å². The predicted molar refractivity (Wildman–Crippen MR) is 103 cm³/mol. The number of nitrogens with zero attached hydrogens (tertiary/aromatic N) is 1. The lowest BCUT2D eigenvalue weighted by Gasteiger charge is -2.21. The third-order valence-corrected chi connectivity index (χ3v) is 3.95. The Hall–Kier alpha value is -1.51. The fourth-order valence-electron chi connectivity index (χ4n) is 2.23. The van der Waals surface area contributed by atoms with Crippen LogP contribution in [-0.2, 0) is 21.4 Å². The Morgan fingerprint density at radius 3 is 2.21 bits per heavy atom. The Labute approximate surface area is 151 Å². The van der Waals surface area contributed by atoms with E-state index in [0.717, 1.165) is 6.42 Å². The topological polar surface area (TPSA) is 38.7 Å². The molecule has 0 saturated heterocycles. The zero-order valence-electron chi connectivity index (χ0n) is 15.7. The molecule has 0 N–H and O–H groups in total. The van der Waals surface area contributed by atoms with E-state index in [1.165, 1.54) is 11.1 Å². The second-order valence-electron chi connectivity index (χ2n) is 8.30. The number of esters is 1. The third-order valence-electron chi connectivity index (χ3n) is 3.82. The molecular weight excluding hydrogens is 318 g/mol. The van der Waals surface area contributed by atoms with Gasteiger partial charge in [-0.1, -0.05) is 45.0 Å². The van der Waals surface area contributed by atoms with Crippen LogP contribution < -0.4 is 0 Å². The van der Waals surface area contributed by atoms with E-state index in [2.05, 4.69) is 67.4 Å². The fourth-order valence-corrected chi connectivity index (χ4v) is 2.30. The molecule has 0 aliphatic carbocycles. The van der Waals surface area contributed by atoms with E-state index in [1.807, 2.05) is 20.8 Å². The first-order valence-corrected chi connectivity index (χ1v) is 8.75. The van der Waals surface area contributed by atoms with E-state index < -0.39 is 5.41 Å². The van der Waals surface area contributed by atoms with Crippen molar-refractivity contribution in [2.75, 3.05) is 13.2 Å². The summed E-state index contributed by atoms with van der Waals surface area (Å²) in [5.41, 5.74) is 2.16. The van der Waals surface area contributed by atoms with Gasteiger partial charge in [0.1, 0.15) is 0 Å². The van der Waals surface area contributed by atoms with Crippen molar-refractivity contribution in [3.05, 3.63) is 35.4 Å². The average Bonchev–Trinajstić information content (AvgIpc) is 2.48. The minimum Gasteiger partial charge on any atom is -0.465 e. The van der Waals surface area contributed by atoms with Gasteiger partial charge < -0.3 is 4.74 Å². The van der Waals surface area contributed by atoms with Gasteiger partial charge in [-0.15, -0.1) is 0 Å². The molecule has 0 amide bonds. The van der Waals surface area contributed by atoms with Crippen molar-refractivity contribution in [1.82, 2.24) is 0 Å². The van der Waals surface area contributed by atoms with Crippen LogP contribution in [0.4, 0.5) is 0 Å².